The average molecular weight is 694 g/mol. The molecule has 0 spiro atoms. The van der Waals surface area contributed by atoms with Gasteiger partial charge in [-0.3, -0.25) is 19.6 Å². The summed E-state index contributed by atoms with van der Waals surface area (Å²) < 4.78 is 24.4. The molecule has 3 aromatic carbocycles. The largest absolute Gasteiger partial charge is 0.488 e. The van der Waals surface area contributed by atoms with E-state index in [4.69, 9.17) is 9.47 Å². The highest BCUT2D eigenvalue weighted by Gasteiger charge is 2.27. The van der Waals surface area contributed by atoms with Crippen LogP contribution in [-0.4, -0.2) is 95.3 Å². The number of nitrogens with one attached hydrogen (secondary N) is 2. The van der Waals surface area contributed by atoms with Crippen molar-refractivity contribution >= 4 is 28.9 Å². The van der Waals surface area contributed by atoms with Crippen LogP contribution in [0.2, 0.25) is 0 Å². The summed E-state index contributed by atoms with van der Waals surface area (Å²) in [6, 6.07) is 20.4. The summed E-state index contributed by atoms with van der Waals surface area (Å²) in [5.74, 6) is 2.03. The number of piperidine rings is 1. The second-order valence-corrected chi connectivity index (χ2v) is 13.1. The Balaban J connectivity index is 0.000000177. The highest BCUT2D eigenvalue weighted by molar-refractivity contribution is 5.96. The number of fused-ring (bicyclic) bond motifs is 1. The predicted octanol–water partition coefficient (Wildman–Crippen LogP) is 6.15. The maximum Gasteiger partial charge on any atom is 0.236 e. The lowest BCUT2D eigenvalue weighted by atomic mass is 9.89. The second kappa shape index (κ2) is 17.1. The van der Waals surface area contributed by atoms with E-state index in [9.17, 15) is 14.0 Å². The summed E-state index contributed by atoms with van der Waals surface area (Å²) in [6.45, 7) is 7.41. The van der Waals surface area contributed by atoms with Gasteiger partial charge in [0.2, 0.25) is 12.3 Å². The number of anilines is 1. The van der Waals surface area contributed by atoms with Crippen LogP contribution in [0.4, 0.5) is 10.1 Å². The first kappa shape index (κ1) is 35.6. The van der Waals surface area contributed by atoms with Crippen molar-refractivity contribution in [2.45, 2.75) is 32.1 Å². The molecule has 0 bridgehead atoms. The van der Waals surface area contributed by atoms with Gasteiger partial charge in [-0.25, -0.2) is 14.4 Å². The van der Waals surface area contributed by atoms with Crippen LogP contribution < -0.4 is 10.1 Å². The van der Waals surface area contributed by atoms with Crippen molar-refractivity contribution in [3.05, 3.63) is 90.5 Å². The minimum atomic E-state index is -0.470. The van der Waals surface area contributed by atoms with Gasteiger partial charge in [0.25, 0.3) is 0 Å². The summed E-state index contributed by atoms with van der Waals surface area (Å²) in [7, 11) is 1.55. The van der Waals surface area contributed by atoms with Gasteiger partial charge in [0, 0.05) is 61.3 Å². The third-order valence-electron chi connectivity index (χ3n) is 9.46. The molecule has 51 heavy (non-hydrogen) atoms. The highest BCUT2D eigenvalue weighted by Crippen LogP contribution is 2.32. The summed E-state index contributed by atoms with van der Waals surface area (Å²) in [5.41, 5.74) is 5.05. The third kappa shape index (κ3) is 9.13. The molecule has 2 N–H and O–H groups in total. The number of likely N-dealkylation sites (tertiary alicyclic amines) is 2. The molecule has 11 nitrogen and oxygen atoms in total. The van der Waals surface area contributed by atoms with Crippen molar-refractivity contribution in [3.8, 4) is 28.4 Å². The standard InChI is InChI=1S/C22H28N4O.C17H16FN3O3/c1-17-7-12-25(15-17)16-21(27)26-13-8-19(9-14-26)18-3-5-20(6-4-18)22-23-10-2-11-24-22;1-23-6-7-24-16-5-2-11(8-14(16)18)17-13-9-12(19-10-22)3-4-15(13)20-21-17/h2-6,10-11,17,19H,7-9,12-16H2,1H3;2-5,8-10H,6-7H2,1H3,(H,19,22)(H,20,21). The normalized spacial score (nSPS) is 16.5. The highest BCUT2D eigenvalue weighted by atomic mass is 19.1. The molecule has 2 saturated heterocycles. The number of aromatic nitrogens is 4. The smallest absolute Gasteiger partial charge is 0.236 e. The Bertz CT molecular complexity index is 1900. The maximum atomic E-state index is 14.2. The molecule has 2 aromatic heterocycles. The van der Waals surface area contributed by atoms with Gasteiger partial charge in [0.15, 0.2) is 17.4 Å². The van der Waals surface area contributed by atoms with E-state index in [-0.39, 0.29) is 12.4 Å². The molecule has 0 saturated carbocycles. The number of methoxy groups -OCH3 is 1. The van der Waals surface area contributed by atoms with E-state index in [1.165, 1.54) is 18.1 Å². The summed E-state index contributed by atoms with van der Waals surface area (Å²) in [4.78, 5) is 36.1. The average Bonchev–Trinajstić information content (AvgIpc) is 3.78. The Morgan fingerprint density at radius 1 is 0.980 bits per heavy atom. The van der Waals surface area contributed by atoms with Gasteiger partial charge < -0.3 is 19.7 Å². The molecule has 2 aliphatic rings. The van der Waals surface area contributed by atoms with Gasteiger partial charge >= 0.3 is 0 Å². The molecule has 5 aromatic rings. The van der Waals surface area contributed by atoms with Crippen molar-refractivity contribution in [3.63, 3.8) is 0 Å². The zero-order valence-corrected chi connectivity index (χ0v) is 29.1. The van der Waals surface area contributed by atoms with Crippen molar-refractivity contribution in [2.75, 3.05) is 58.4 Å². The molecular weight excluding hydrogens is 649 g/mol. The molecule has 0 radical (unpaired) electrons. The number of nitrogens with zero attached hydrogens (tertiary/aromatic N) is 5. The molecule has 2 aliphatic heterocycles. The predicted molar refractivity (Wildman–Crippen MR) is 195 cm³/mol. The maximum absolute atomic E-state index is 14.2. The van der Waals surface area contributed by atoms with E-state index in [1.54, 1.807) is 49.8 Å². The molecule has 12 heteroatoms. The Hall–Kier alpha value is -5.20. The first-order chi connectivity index (χ1) is 24.9. The van der Waals surface area contributed by atoms with Gasteiger partial charge in [-0.05, 0) is 85.7 Å². The Morgan fingerprint density at radius 3 is 2.43 bits per heavy atom. The van der Waals surface area contributed by atoms with Crippen LogP contribution in [0.25, 0.3) is 33.5 Å². The minimum Gasteiger partial charge on any atom is -0.488 e. The number of hydrogen-bond donors (Lipinski definition) is 2. The van der Waals surface area contributed by atoms with E-state index >= 15 is 0 Å². The van der Waals surface area contributed by atoms with Crippen LogP contribution in [0.15, 0.2) is 79.1 Å². The Kier molecular flexibility index (Phi) is 12.0. The molecule has 1 atom stereocenters. The SMILES string of the molecule is CC1CCN(CC(=O)N2CCC(c3ccc(-c4ncccn4)cc3)CC2)C1.COCCOc1ccc(-c2n[nH]c3ccc(NC=O)cc23)cc1F. The monoisotopic (exact) mass is 693 g/mol. The van der Waals surface area contributed by atoms with Gasteiger partial charge in [-0.2, -0.15) is 5.10 Å². The lowest BCUT2D eigenvalue weighted by Crippen LogP contribution is -2.43. The lowest BCUT2D eigenvalue weighted by Gasteiger charge is -2.33. The zero-order valence-electron chi connectivity index (χ0n) is 29.1. The van der Waals surface area contributed by atoms with Crippen molar-refractivity contribution < 1.29 is 23.5 Å². The van der Waals surface area contributed by atoms with Crippen LogP contribution in [0.1, 0.15) is 37.7 Å². The summed E-state index contributed by atoms with van der Waals surface area (Å²) in [6.07, 6.45) is 7.45. The molecule has 1 unspecified atom stereocenters. The molecular formula is C39H44FN7O4. The van der Waals surface area contributed by atoms with Crippen molar-refractivity contribution in [1.29, 1.82) is 0 Å². The van der Waals surface area contributed by atoms with E-state index in [2.05, 4.69) is 66.5 Å². The first-order valence-corrected chi connectivity index (χ1v) is 17.4. The van der Waals surface area contributed by atoms with Crippen LogP contribution in [0.5, 0.6) is 5.75 Å². The molecule has 266 valence electrons. The third-order valence-corrected chi connectivity index (χ3v) is 9.46. The lowest BCUT2D eigenvalue weighted by molar-refractivity contribution is -0.133. The number of hydrogen-bond acceptors (Lipinski definition) is 8. The molecule has 2 fully saturated rings. The van der Waals surface area contributed by atoms with E-state index < -0.39 is 5.82 Å². The number of halogens is 1. The van der Waals surface area contributed by atoms with Gasteiger partial charge in [0.05, 0.1) is 18.7 Å². The van der Waals surface area contributed by atoms with E-state index in [0.29, 0.717) is 48.3 Å². The van der Waals surface area contributed by atoms with Crippen LogP contribution in [0.3, 0.4) is 0 Å². The van der Waals surface area contributed by atoms with E-state index in [1.807, 2.05) is 6.07 Å². The topological polar surface area (TPSA) is 126 Å². The van der Waals surface area contributed by atoms with Gasteiger partial charge in [0.1, 0.15) is 12.3 Å². The van der Waals surface area contributed by atoms with Gasteiger partial charge in [-0.1, -0.05) is 31.2 Å². The molecule has 4 heterocycles. The van der Waals surface area contributed by atoms with Crippen molar-refractivity contribution in [1.82, 2.24) is 30.0 Å². The Labute approximate surface area is 297 Å². The van der Waals surface area contributed by atoms with Crippen LogP contribution in [-0.2, 0) is 14.3 Å². The summed E-state index contributed by atoms with van der Waals surface area (Å²) in [5, 5.41) is 10.5. The first-order valence-electron chi connectivity index (χ1n) is 17.4. The van der Waals surface area contributed by atoms with Crippen molar-refractivity contribution in [2.24, 2.45) is 5.92 Å². The van der Waals surface area contributed by atoms with Gasteiger partial charge in [-0.15, -0.1) is 0 Å². The quantitative estimate of drug-likeness (QED) is 0.125. The van der Waals surface area contributed by atoms with Crippen LogP contribution >= 0.6 is 0 Å². The minimum absolute atomic E-state index is 0.166. The van der Waals surface area contributed by atoms with E-state index in [0.717, 1.165) is 67.2 Å². The number of amides is 2. The number of carbonyl (C=O) groups excluding carboxylic acids is 2. The summed E-state index contributed by atoms with van der Waals surface area (Å²) >= 11 is 0. The molecule has 7 rings (SSSR count). The fourth-order valence-corrected chi connectivity index (χ4v) is 6.67. The number of ether oxygens (including phenoxy) is 2. The number of carbonyl (C=O) groups is 2. The number of aromatic amines is 1. The number of benzene rings is 3. The second-order valence-electron chi connectivity index (χ2n) is 13.1. The molecule has 0 aliphatic carbocycles. The Morgan fingerprint density at radius 2 is 1.75 bits per heavy atom. The number of rotatable bonds is 11. The fourth-order valence-electron chi connectivity index (χ4n) is 6.67. The number of H-pyrrole nitrogens is 1. The zero-order chi connectivity index (χ0) is 35.6. The fraction of sp³-hybridized carbons (Fsp3) is 0.359. The van der Waals surface area contributed by atoms with Crippen LogP contribution in [0, 0.1) is 11.7 Å². The molecule has 2 amide bonds.